The molecule has 0 radical (unpaired) electrons. The molecule has 8 heteroatoms. The number of esters is 1. The first-order chi connectivity index (χ1) is 12.0. The molecular weight excluding hydrogens is 328 g/mol. The van der Waals surface area contributed by atoms with Gasteiger partial charge in [0.15, 0.2) is 6.61 Å². The number of hydrogen-bond donors (Lipinski definition) is 0. The number of nitro groups is 1. The third kappa shape index (κ3) is 5.17. The van der Waals surface area contributed by atoms with Crippen LogP contribution in [-0.4, -0.2) is 48.5 Å². The molecule has 0 aromatic heterocycles. The van der Waals surface area contributed by atoms with E-state index in [2.05, 4.69) is 0 Å². The van der Waals surface area contributed by atoms with Gasteiger partial charge in [0.25, 0.3) is 11.6 Å². The molecule has 1 fully saturated rings. The molecule has 1 heterocycles. The van der Waals surface area contributed by atoms with Crippen molar-refractivity contribution in [3.63, 3.8) is 0 Å². The Kier molecular flexibility index (Phi) is 6.73. The summed E-state index contributed by atoms with van der Waals surface area (Å²) < 4.78 is 10.1. The maximum absolute atomic E-state index is 12.2. The van der Waals surface area contributed by atoms with E-state index in [1.807, 2.05) is 0 Å². The topological polar surface area (TPSA) is 99.0 Å². The number of likely N-dealkylation sites (tertiary alicyclic amines) is 1. The Labute approximate surface area is 145 Å². The zero-order valence-corrected chi connectivity index (χ0v) is 14.2. The summed E-state index contributed by atoms with van der Waals surface area (Å²) in [5.41, 5.74) is -0.319. The number of benzene rings is 1. The van der Waals surface area contributed by atoms with Crippen LogP contribution in [0.15, 0.2) is 18.2 Å². The second-order valence-electron chi connectivity index (χ2n) is 5.87. The molecule has 0 bridgehead atoms. The molecule has 136 valence electrons. The highest BCUT2D eigenvalue weighted by atomic mass is 16.6. The summed E-state index contributed by atoms with van der Waals surface area (Å²) in [4.78, 5) is 36.4. The normalized spacial score (nSPS) is 15.0. The number of amides is 1. The average molecular weight is 350 g/mol. The fourth-order valence-electron chi connectivity index (χ4n) is 2.76. The van der Waals surface area contributed by atoms with Gasteiger partial charge in [0.05, 0.1) is 12.0 Å². The maximum atomic E-state index is 12.2. The summed E-state index contributed by atoms with van der Waals surface area (Å²) in [7, 11) is 1.35. The third-order valence-electron chi connectivity index (χ3n) is 4.15. The van der Waals surface area contributed by atoms with Crippen LogP contribution in [0.5, 0.6) is 5.75 Å². The fourth-order valence-corrected chi connectivity index (χ4v) is 2.76. The van der Waals surface area contributed by atoms with Crippen LogP contribution in [0.4, 0.5) is 5.69 Å². The van der Waals surface area contributed by atoms with Gasteiger partial charge in [-0.05, 0) is 18.9 Å². The minimum absolute atomic E-state index is 0.0721. The van der Waals surface area contributed by atoms with Gasteiger partial charge in [-0.15, -0.1) is 0 Å². The van der Waals surface area contributed by atoms with Crippen LogP contribution in [0.3, 0.4) is 0 Å². The number of carbonyl (C=O) groups is 2. The highest BCUT2D eigenvalue weighted by molar-refractivity contribution is 5.94. The Balaban J connectivity index is 2.00. The van der Waals surface area contributed by atoms with Crippen molar-refractivity contribution in [2.24, 2.45) is 0 Å². The molecule has 1 aromatic rings. The van der Waals surface area contributed by atoms with Gasteiger partial charge >= 0.3 is 5.97 Å². The van der Waals surface area contributed by atoms with Gasteiger partial charge in [-0.2, -0.15) is 0 Å². The van der Waals surface area contributed by atoms with Crippen molar-refractivity contribution in [2.75, 3.05) is 26.8 Å². The van der Waals surface area contributed by atoms with Crippen molar-refractivity contribution in [2.45, 2.75) is 32.1 Å². The molecule has 0 N–H and O–H groups in total. The zero-order valence-electron chi connectivity index (χ0n) is 14.2. The molecule has 1 aromatic carbocycles. The lowest BCUT2D eigenvalue weighted by Gasteiger charge is -2.24. The molecule has 1 aliphatic rings. The van der Waals surface area contributed by atoms with Crippen LogP contribution >= 0.6 is 0 Å². The first-order valence-electron chi connectivity index (χ1n) is 8.30. The van der Waals surface area contributed by atoms with E-state index >= 15 is 0 Å². The van der Waals surface area contributed by atoms with Crippen LogP contribution in [0.2, 0.25) is 0 Å². The third-order valence-corrected chi connectivity index (χ3v) is 4.15. The number of hydrogen-bond acceptors (Lipinski definition) is 6. The molecule has 0 spiro atoms. The Bertz CT molecular complexity index is 638. The number of non-ortho nitro benzene ring substituents is 1. The SMILES string of the molecule is COc1ccc([N+](=O)[O-])cc1C(=O)OCC(=O)N1CCCCCCC1. The average Bonchev–Trinajstić information content (AvgIpc) is 2.58. The number of rotatable bonds is 5. The second-order valence-corrected chi connectivity index (χ2v) is 5.87. The fraction of sp³-hybridized carbons (Fsp3) is 0.529. The van der Waals surface area contributed by atoms with E-state index in [1.54, 1.807) is 4.90 Å². The van der Waals surface area contributed by atoms with Crippen LogP contribution in [0, 0.1) is 10.1 Å². The Morgan fingerprint density at radius 3 is 2.40 bits per heavy atom. The largest absolute Gasteiger partial charge is 0.496 e. The van der Waals surface area contributed by atoms with Crippen molar-refractivity contribution in [3.8, 4) is 5.75 Å². The number of methoxy groups -OCH3 is 1. The Morgan fingerprint density at radius 2 is 1.80 bits per heavy atom. The standard InChI is InChI=1S/C17H22N2O6/c1-24-15-8-7-13(19(22)23)11-14(15)17(21)25-12-16(20)18-9-5-3-2-4-6-10-18/h7-8,11H,2-6,9-10,12H2,1H3. The van der Waals surface area contributed by atoms with E-state index in [9.17, 15) is 19.7 Å². The van der Waals surface area contributed by atoms with E-state index in [-0.39, 0.29) is 29.5 Å². The molecular formula is C17H22N2O6. The van der Waals surface area contributed by atoms with Gasteiger partial charge < -0.3 is 14.4 Å². The van der Waals surface area contributed by atoms with Crippen LogP contribution < -0.4 is 4.74 Å². The highest BCUT2D eigenvalue weighted by Gasteiger charge is 2.21. The molecule has 0 atom stereocenters. The number of carbonyl (C=O) groups excluding carboxylic acids is 2. The van der Waals surface area contributed by atoms with E-state index in [0.717, 1.165) is 31.7 Å². The molecule has 2 rings (SSSR count). The lowest BCUT2D eigenvalue weighted by Crippen LogP contribution is -2.37. The van der Waals surface area contributed by atoms with Crippen molar-refractivity contribution < 1.29 is 24.0 Å². The molecule has 25 heavy (non-hydrogen) atoms. The molecule has 1 saturated heterocycles. The monoisotopic (exact) mass is 350 g/mol. The van der Waals surface area contributed by atoms with Crippen molar-refractivity contribution in [3.05, 3.63) is 33.9 Å². The minimum atomic E-state index is -0.819. The number of nitro benzene ring substituents is 1. The van der Waals surface area contributed by atoms with Gasteiger partial charge in [-0.25, -0.2) is 4.79 Å². The van der Waals surface area contributed by atoms with E-state index in [0.29, 0.717) is 13.1 Å². The van der Waals surface area contributed by atoms with E-state index in [1.165, 1.54) is 25.7 Å². The van der Waals surface area contributed by atoms with Gasteiger partial charge in [-0.1, -0.05) is 19.3 Å². The van der Waals surface area contributed by atoms with Gasteiger partial charge in [0.1, 0.15) is 11.3 Å². The Hall–Kier alpha value is -2.64. The predicted octanol–water partition coefficient (Wildman–Crippen LogP) is 2.55. The van der Waals surface area contributed by atoms with Gasteiger partial charge in [-0.3, -0.25) is 14.9 Å². The highest BCUT2D eigenvalue weighted by Crippen LogP contribution is 2.24. The molecule has 0 unspecified atom stereocenters. The second kappa shape index (κ2) is 9.00. The number of ether oxygens (including phenoxy) is 2. The molecule has 0 saturated carbocycles. The van der Waals surface area contributed by atoms with E-state index < -0.39 is 10.9 Å². The van der Waals surface area contributed by atoms with Crippen molar-refractivity contribution in [1.29, 1.82) is 0 Å². The minimum Gasteiger partial charge on any atom is -0.496 e. The lowest BCUT2D eigenvalue weighted by atomic mass is 10.1. The van der Waals surface area contributed by atoms with Crippen LogP contribution in [0.1, 0.15) is 42.5 Å². The van der Waals surface area contributed by atoms with Gasteiger partial charge in [0.2, 0.25) is 0 Å². The summed E-state index contributed by atoms with van der Waals surface area (Å²) in [6.45, 7) is 0.942. The molecule has 1 aliphatic heterocycles. The summed E-state index contributed by atoms with van der Waals surface area (Å²) in [6.07, 6.45) is 5.25. The molecule has 1 amide bonds. The zero-order chi connectivity index (χ0) is 18.2. The quantitative estimate of drug-likeness (QED) is 0.460. The van der Waals surface area contributed by atoms with Gasteiger partial charge in [0, 0.05) is 25.2 Å². The maximum Gasteiger partial charge on any atom is 0.342 e. The lowest BCUT2D eigenvalue weighted by molar-refractivity contribution is -0.384. The number of nitrogens with zero attached hydrogens (tertiary/aromatic N) is 2. The summed E-state index contributed by atoms with van der Waals surface area (Å²) in [5, 5.41) is 10.9. The first kappa shape index (κ1) is 18.7. The smallest absolute Gasteiger partial charge is 0.342 e. The summed E-state index contributed by atoms with van der Waals surface area (Å²) in [5.74, 6) is -0.907. The van der Waals surface area contributed by atoms with Crippen molar-refractivity contribution >= 4 is 17.6 Å². The Morgan fingerprint density at radius 1 is 1.16 bits per heavy atom. The summed E-state index contributed by atoms with van der Waals surface area (Å²) >= 11 is 0. The first-order valence-corrected chi connectivity index (χ1v) is 8.30. The molecule has 8 nitrogen and oxygen atoms in total. The molecule has 0 aliphatic carbocycles. The van der Waals surface area contributed by atoms with Crippen LogP contribution in [-0.2, 0) is 9.53 Å². The van der Waals surface area contributed by atoms with Crippen molar-refractivity contribution in [1.82, 2.24) is 4.90 Å². The van der Waals surface area contributed by atoms with E-state index in [4.69, 9.17) is 9.47 Å². The van der Waals surface area contributed by atoms with Crippen LogP contribution in [0.25, 0.3) is 0 Å². The summed E-state index contributed by atoms with van der Waals surface area (Å²) in [6, 6.07) is 3.65. The predicted molar refractivity (Wildman–Crippen MR) is 89.6 cm³/mol.